The summed E-state index contributed by atoms with van der Waals surface area (Å²) in [7, 11) is 0. The molecule has 2 rings (SSSR count). The summed E-state index contributed by atoms with van der Waals surface area (Å²) in [6.07, 6.45) is 7.15. The van der Waals surface area contributed by atoms with Crippen molar-refractivity contribution in [2.45, 2.75) is 59.4 Å². The molecule has 112 valence electrons. The third kappa shape index (κ3) is 3.87. The number of pyridine rings is 1. The van der Waals surface area contributed by atoms with E-state index in [1.165, 1.54) is 25.7 Å². The van der Waals surface area contributed by atoms with Gasteiger partial charge in [0, 0.05) is 19.1 Å². The SMILES string of the molecule is CCN(CC)c1ccc(NC2CCC(C)(C)CC2)cn1. The molecule has 0 atom stereocenters. The Morgan fingerprint density at radius 1 is 1.20 bits per heavy atom. The van der Waals surface area contributed by atoms with Crippen LogP contribution in [-0.4, -0.2) is 24.1 Å². The van der Waals surface area contributed by atoms with E-state index in [0.717, 1.165) is 24.6 Å². The summed E-state index contributed by atoms with van der Waals surface area (Å²) < 4.78 is 0. The van der Waals surface area contributed by atoms with Gasteiger partial charge in [-0.2, -0.15) is 0 Å². The second-order valence-corrected chi connectivity index (χ2v) is 6.66. The van der Waals surface area contributed by atoms with E-state index in [-0.39, 0.29) is 0 Å². The van der Waals surface area contributed by atoms with Crippen LogP contribution in [0.3, 0.4) is 0 Å². The zero-order valence-corrected chi connectivity index (χ0v) is 13.4. The maximum absolute atomic E-state index is 4.58. The molecule has 1 aliphatic carbocycles. The highest BCUT2D eigenvalue weighted by Crippen LogP contribution is 2.36. The molecule has 0 amide bonds. The van der Waals surface area contributed by atoms with Gasteiger partial charge in [-0.1, -0.05) is 13.8 Å². The van der Waals surface area contributed by atoms with Crippen molar-refractivity contribution in [1.29, 1.82) is 0 Å². The molecule has 0 bridgehead atoms. The molecule has 3 nitrogen and oxygen atoms in total. The van der Waals surface area contributed by atoms with Crippen LogP contribution in [-0.2, 0) is 0 Å². The molecule has 0 saturated heterocycles. The minimum atomic E-state index is 0.531. The van der Waals surface area contributed by atoms with Crippen molar-refractivity contribution >= 4 is 11.5 Å². The zero-order valence-electron chi connectivity index (χ0n) is 13.4. The van der Waals surface area contributed by atoms with Crippen molar-refractivity contribution in [2.24, 2.45) is 5.41 Å². The number of hydrogen-bond acceptors (Lipinski definition) is 3. The number of rotatable bonds is 5. The molecule has 0 spiro atoms. The fraction of sp³-hybridized carbons (Fsp3) is 0.706. The van der Waals surface area contributed by atoms with Crippen molar-refractivity contribution < 1.29 is 0 Å². The molecule has 1 saturated carbocycles. The molecule has 1 fully saturated rings. The first-order chi connectivity index (χ1) is 9.54. The molecule has 1 aromatic rings. The van der Waals surface area contributed by atoms with Crippen LogP contribution < -0.4 is 10.2 Å². The lowest BCUT2D eigenvalue weighted by atomic mass is 9.75. The molecule has 0 aliphatic heterocycles. The zero-order chi connectivity index (χ0) is 14.6. The molecule has 1 heterocycles. The minimum Gasteiger partial charge on any atom is -0.381 e. The van der Waals surface area contributed by atoms with Gasteiger partial charge in [0.2, 0.25) is 0 Å². The van der Waals surface area contributed by atoms with Gasteiger partial charge in [0.25, 0.3) is 0 Å². The first-order valence-electron chi connectivity index (χ1n) is 8.01. The summed E-state index contributed by atoms with van der Waals surface area (Å²) in [5.74, 6) is 1.07. The number of anilines is 2. The largest absolute Gasteiger partial charge is 0.381 e. The van der Waals surface area contributed by atoms with E-state index in [9.17, 15) is 0 Å². The maximum Gasteiger partial charge on any atom is 0.128 e. The van der Waals surface area contributed by atoms with Gasteiger partial charge >= 0.3 is 0 Å². The average molecular weight is 275 g/mol. The van der Waals surface area contributed by atoms with Gasteiger partial charge in [-0.15, -0.1) is 0 Å². The first-order valence-corrected chi connectivity index (χ1v) is 8.01. The van der Waals surface area contributed by atoms with E-state index in [1.807, 2.05) is 6.20 Å². The molecule has 3 heteroatoms. The van der Waals surface area contributed by atoms with Gasteiger partial charge in [0.05, 0.1) is 11.9 Å². The van der Waals surface area contributed by atoms with Gasteiger partial charge in [0.15, 0.2) is 0 Å². The Hall–Kier alpha value is -1.25. The highest BCUT2D eigenvalue weighted by atomic mass is 15.2. The van der Waals surface area contributed by atoms with E-state index in [0.29, 0.717) is 11.5 Å². The van der Waals surface area contributed by atoms with Crippen molar-refractivity contribution in [3.63, 3.8) is 0 Å². The van der Waals surface area contributed by atoms with Crippen LogP contribution in [0.1, 0.15) is 53.4 Å². The predicted octanol–water partition coefficient (Wildman–Crippen LogP) is 4.31. The molecule has 0 aromatic carbocycles. The summed E-state index contributed by atoms with van der Waals surface area (Å²) in [5.41, 5.74) is 1.69. The summed E-state index contributed by atoms with van der Waals surface area (Å²) in [5, 5.41) is 3.64. The number of hydrogen-bond donors (Lipinski definition) is 1. The van der Waals surface area contributed by atoms with Crippen LogP contribution in [0.4, 0.5) is 11.5 Å². The normalized spacial score (nSPS) is 18.8. The smallest absolute Gasteiger partial charge is 0.128 e. The van der Waals surface area contributed by atoms with Crippen LogP contribution in [0.25, 0.3) is 0 Å². The molecule has 0 radical (unpaired) electrons. The Balaban J connectivity index is 1.91. The number of nitrogens with zero attached hydrogens (tertiary/aromatic N) is 2. The third-order valence-corrected chi connectivity index (χ3v) is 4.55. The highest BCUT2D eigenvalue weighted by Gasteiger charge is 2.26. The van der Waals surface area contributed by atoms with Crippen molar-refractivity contribution in [3.05, 3.63) is 18.3 Å². The van der Waals surface area contributed by atoms with Gasteiger partial charge in [-0.25, -0.2) is 4.98 Å². The average Bonchev–Trinajstić information content (AvgIpc) is 2.44. The van der Waals surface area contributed by atoms with E-state index in [1.54, 1.807) is 0 Å². The second kappa shape index (κ2) is 6.47. The van der Waals surface area contributed by atoms with Crippen molar-refractivity contribution in [2.75, 3.05) is 23.3 Å². The highest BCUT2D eigenvalue weighted by molar-refractivity contribution is 5.49. The van der Waals surface area contributed by atoms with E-state index in [4.69, 9.17) is 0 Å². The van der Waals surface area contributed by atoms with Crippen molar-refractivity contribution in [1.82, 2.24) is 4.98 Å². The van der Waals surface area contributed by atoms with Gasteiger partial charge in [-0.05, 0) is 57.1 Å². The van der Waals surface area contributed by atoms with Crippen molar-refractivity contribution in [3.8, 4) is 0 Å². The fourth-order valence-corrected chi connectivity index (χ4v) is 2.99. The van der Waals surface area contributed by atoms with Crippen LogP contribution >= 0.6 is 0 Å². The fourth-order valence-electron chi connectivity index (χ4n) is 2.99. The van der Waals surface area contributed by atoms with Crippen LogP contribution in [0.15, 0.2) is 18.3 Å². The quantitative estimate of drug-likeness (QED) is 0.868. The maximum atomic E-state index is 4.58. The Morgan fingerprint density at radius 2 is 1.85 bits per heavy atom. The summed E-state index contributed by atoms with van der Waals surface area (Å²) >= 11 is 0. The van der Waals surface area contributed by atoms with Crippen LogP contribution in [0, 0.1) is 5.41 Å². The summed E-state index contributed by atoms with van der Waals surface area (Å²) in [4.78, 5) is 6.85. The summed E-state index contributed by atoms with van der Waals surface area (Å²) in [6.45, 7) is 11.1. The minimum absolute atomic E-state index is 0.531. The standard InChI is InChI=1S/C17H29N3/c1-5-20(6-2)16-8-7-15(13-18-16)19-14-9-11-17(3,4)12-10-14/h7-8,13-14,19H,5-6,9-12H2,1-4H3. The molecular formula is C17H29N3. The van der Waals surface area contributed by atoms with E-state index < -0.39 is 0 Å². The Morgan fingerprint density at radius 3 is 2.35 bits per heavy atom. The lowest BCUT2D eigenvalue weighted by Gasteiger charge is -2.35. The van der Waals surface area contributed by atoms with E-state index >= 15 is 0 Å². The van der Waals surface area contributed by atoms with Crippen LogP contribution in [0.2, 0.25) is 0 Å². The topological polar surface area (TPSA) is 28.2 Å². The number of aromatic nitrogens is 1. The molecule has 1 N–H and O–H groups in total. The Kier molecular flexibility index (Phi) is 4.90. The number of nitrogens with one attached hydrogen (secondary N) is 1. The van der Waals surface area contributed by atoms with E-state index in [2.05, 4.69) is 55.0 Å². The lowest BCUT2D eigenvalue weighted by Crippen LogP contribution is -2.30. The first kappa shape index (κ1) is 15.1. The predicted molar refractivity (Wildman–Crippen MR) is 87.5 cm³/mol. The molecule has 1 aromatic heterocycles. The molecule has 0 unspecified atom stereocenters. The molecule has 1 aliphatic rings. The third-order valence-electron chi connectivity index (χ3n) is 4.55. The molecular weight excluding hydrogens is 246 g/mol. The van der Waals surface area contributed by atoms with Gasteiger partial charge in [-0.3, -0.25) is 0 Å². The lowest BCUT2D eigenvalue weighted by molar-refractivity contribution is 0.232. The molecule has 20 heavy (non-hydrogen) atoms. The monoisotopic (exact) mass is 275 g/mol. The van der Waals surface area contributed by atoms with Gasteiger partial charge in [0.1, 0.15) is 5.82 Å². The van der Waals surface area contributed by atoms with Gasteiger partial charge < -0.3 is 10.2 Å². The Labute approximate surface area is 123 Å². The summed E-state index contributed by atoms with van der Waals surface area (Å²) in [6, 6.07) is 4.91. The van der Waals surface area contributed by atoms with Crippen LogP contribution in [0.5, 0.6) is 0 Å². The Bertz CT molecular complexity index is 397. The second-order valence-electron chi connectivity index (χ2n) is 6.66.